The van der Waals surface area contributed by atoms with Gasteiger partial charge in [-0.3, -0.25) is 14.5 Å². The summed E-state index contributed by atoms with van der Waals surface area (Å²) in [6.07, 6.45) is 1.43. The lowest BCUT2D eigenvalue weighted by Crippen LogP contribution is -2.50. The number of nitrogens with one attached hydrogen (secondary N) is 1. The summed E-state index contributed by atoms with van der Waals surface area (Å²) in [5.41, 5.74) is 2.56. The molecule has 6 nitrogen and oxygen atoms in total. The monoisotopic (exact) mass is 341 g/mol. The second-order valence-electron chi connectivity index (χ2n) is 6.31. The van der Waals surface area contributed by atoms with Gasteiger partial charge in [-0.25, -0.2) is 0 Å². The predicted octanol–water partition coefficient (Wildman–Crippen LogP) is 1.66. The Morgan fingerprint density at radius 2 is 1.92 bits per heavy atom. The summed E-state index contributed by atoms with van der Waals surface area (Å²) in [6, 6.07) is 11.7. The Balaban J connectivity index is 1.42. The topological polar surface area (TPSA) is 65.8 Å². The summed E-state index contributed by atoms with van der Waals surface area (Å²) in [5, 5.41) is 2.60. The zero-order chi connectivity index (χ0) is 17.6. The molecule has 25 heavy (non-hydrogen) atoms. The van der Waals surface area contributed by atoms with E-state index in [4.69, 9.17) is 4.42 Å². The van der Waals surface area contributed by atoms with Crippen LogP contribution in [0.1, 0.15) is 21.7 Å². The lowest BCUT2D eigenvalue weighted by molar-refractivity contribution is -0.131. The highest BCUT2D eigenvalue weighted by Gasteiger charge is 2.21. The van der Waals surface area contributed by atoms with E-state index in [2.05, 4.69) is 41.4 Å². The Kier molecular flexibility index (Phi) is 5.50. The molecular weight excluding hydrogens is 318 g/mol. The third-order valence-electron chi connectivity index (χ3n) is 4.36. The molecule has 1 aliphatic rings. The van der Waals surface area contributed by atoms with Crippen molar-refractivity contribution in [2.24, 2.45) is 0 Å². The Bertz CT molecular complexity index is 719. The van der Waals surface area contributed by atoms with Gasteiger partial charge in [0.25, 0.3) is 5.91 Å². The number of benzene rings is 1. The van der Waals surface area contributed by atoms with Gasteiger partial charge in [-0.05, 0) is 24.6 Å². The fourth-order valence-corrected chi connectivity index (χ4v) is 2.99. The molecule has 1 N–H and O–H groups in total. The van der Waals surface area contributed by atoms with Gasteiger partial charge in [0.15, 0.2) is 5.76 Å². The second kappa shape index (κ2) is 7.98. The number of rotatable bonds is 5. The molecule has 2 aromatic rings. The first-order chi connectivity index (χ1) is 12.1. The van der Waals surface area contributed by atoms with Crippen LogP contribution in [-0.2, 0) is 11.3 Å². The number of carbonyl (C=O) groups excluding carboxylic acids is 2. The standard InChI is InChI=1S/C19H23N3O3/c1-15-4-2-5-16(12-15)14-21-7-9-22(10-8-21)18(23)13-20-19(24)17-6-3-11-25-17/h2-6,11-12H,7-10,13-14H2,1H3,(H,20,24). The van der Waals surface area contributed by atoms with E-state index in [1.165, 1.54) is 17.4 Å². The van der Waals surface area contributed by atoms with Crippen LogP contribution in [0.15, 0.2) is 47.1 Å². The molecule has 132 valence electrons. The highest BCUT2D eigenvalue weighted by Crippen LogP contribution is 2.10. The average Bonchev–Trinajstić information content (AvgIpc) is 3.15. The van der Waals surface area contributed by atoms with Gasteiger partial charge in [-0.2, -0.15) is 0 Å². The van der Waals surface area contributed by atoms with Crippen LogP contribution in [-0.4, -0.2) is 54.3 Å². The lowest BCUT2D eigenvalue weighted by Gasteiger charge is -2.34. The van der Waals surface area contributed by atoms with E-state index in [1.54, 1.807) is 17.0 Å². The van der Waals surface area contributed by atoms with Crippen LogP contribution in [0.5, 0.6) is 0 Å². The molecule has 0 aliphatic carbocycles. The second-order valence-corrected chi connectivity index (χ2v) is 6.31. The van der Waals surface area contributed by atoms with Gasteiger partial charge >= 0.3 is 0 Å². The highest BCUT2D eigenvalue weighted by molar-refractivity contribution is 5.94. The molecule has 1 aromatic carbocycles. The first-order valence-corrected chi connectivity index (χ1v) is 8.49. The van der Waals surface area contributed by atoms with Crippen molar-refractivity contribution in [3.8, 4) is 0 Å². The molecule has 0 atom stereocenters. The smallest absolute Gasteiger partial charge is 0.287 e. The number of carbonyl (C=O) groups is 2. The van der Waals surface area contributed by atoms with Crippen molar-refractivity contribution in [1.82, 2.24) is 15.1 Å². The van der Waals surface area contributed by atoms with E-state index in [9.17, 15) is 9.59 Å². The van der Waals surface area contributed by atoms with Crippen LogP contribution < -0.4 is 5.32 Å². The van der Waals surface area contributed by atoms with Crippen LogP contribution in [0.3, 0.4) is 0 Å². The SMILES string of the molecule is Cc1cccc(CN2CCN(C(=O)CNC(=O)c3ccco3)CC2)c1. The molecule has 0 unspecified atom stereocenters. The van der Waals surface area contributed by atoms with E-state index < -0.39 is 0 Å². The third-order valence-corrected chi connectivity index (χ3v) is 4.36. The van der Waals surface area contributed by atoms with Crippen molar-refractivity contribution in [3.63, 3.8) is 0 Å². The van der Waals surface area contributed by atoms with Gasteiger partial charge < -0.3 is 14.6 Å². The number of amides is 2. The lowest BCUT2D eigenvalue weighted by atomic mass is 10.1. The fourth-order valence-electron chi connectivity index (χ4n) is 2.99. The summed E-state index contributed by atoms with van der Waals surface area (Å²) in [4.78, 5) is 28.2. The number of nitrogens with zero attached hydrogens (tertiary/aromatic N) is 2. The molecule has 2 amide bonds. The highest BCUT2D eigenvalue weighted by atomic mass is 16.3. The molecule has 1 aliphatic heterocycles. The normalized spacial score (nSPS) is 15.2. The Hall–Kier alpha value is -2.60. The molecule has 0 spiro atoms. The molecule has 3 rings (SSSR count). The van der Waals surface area contributed by atoms with E-state index in [0.717, 1.165) is 19.6 Å². The summed E-state index contributed by atoms with van der Waals surface area (Å²) in [6.45, 7) is 6.04. The van der Waals surface area contributed by atoms with Crippen molar-refractivity contribution in [2.75, 3.05) is 32.7 Å². The number of hydrogen-bond acceptors (Lipinski definition) is 4. The predicted molar refractivity (Wildman–Crippen MR) is 94.1 cm³/mol. The zero-order valence-corrected chi connectivity index (χ0v) is 14.4. The maximum absolute atomic E-state index is 12.2. The quantitative estimate of drug-likeness (QED) is 0.898. The minimum Gasteiger partial charge on any atom is -0.459 e. The van der Waals surface area contributed by atoms with Gasteiger partial charge in [0.05, 0.1) is 12.8 Å². The largest absolute Gasteiger partial charge is 0.459 e. The zero-order valence-electron chi connectivity index (χ0n) is 14.4. The fraction of sp³-hybridized carbons (Fsp3) is 0.368. The summed E-state index contributed by atoms with van der Waals surface area (Å²) < 4.78 is 5.01. The summed E-state index contributed by atoms with van der Waals surface area (Å²) >= 11 is 0. The van der Waals surface area contributed by atoms with E-state index in [-0.39, 0.29) is 24.1 Å². The van der Waals surface area contributed by atoms with Gasteiger partial charge in [0.1, 0.15) is 0 Å². The number of aryl methyl sites for hydroxylation is 1. The van der Waals surface area contributed by atoms with Crippen LogP contribution in [0.25, 0.3) is 0 Å². The van der Waals surface area contributed by atoms with Crippen LogP contribution in [0.4, 0.5) is 0 Å². The minimum absolute atomic E-state index is 0.00257. The maximum Gasteiger partial charge on any atom is 0.287 e. The van der Waals surface area contributed by atoms with Gasteiger partial charge in [0.2, 0.25) is 5.91 Å². The minimum atomic E-state index is -0.364. The first-order valence-electron chi connectivity index (χ1n) is 8.49. The molecule has 6 heteroatoms. The van der Waals surface area contributed by atoms with Crippen molar-refractivity contribution >= 4 is 11.8 Å². The number of hydrogen-bond donors (Lipinski definition) is 1. The van der Waals surface area contributed by atoms with Crippen LogP contribution in [0, 0.1) is 6.92 Å². The molecule has 0 radical (unpaired) electrons. The van der Waals surface area contributed by atoms with Gasteiger partial charge in [-0.1, -0.05) is 29.8 Å². The van der Waals surface area contributed by atoms with Crippen LogP contribution >= 0.6 is 0 Å². The van der Waals surface area contributed by atoms with Crippen molar-refractivity contribution in [2.45, 2.75) is 13.5 Å². The number of piperazine rings is 1. The van der Waals surface area contributed by atoms with Crippen molar-refractivity contribution < 1.29 is 14.0 Å². The van der Waals surface area contributed by atoms with E-state index in [0.29, 0.717) is 13.1 Å². The average molecular weight is 341 g/mol. The number of furan rings is 1. The Morgan fingerprint density at radius 3 is 2.60 bits per heavy atom. The molecule has 1 aromatic heterocycles. The first kappa shape index (κ1) is 17.2. The Morgan fingerprint density at radius 1 is 1.12 bits per heavy atom. The maximum atomic E-state index is 12.2. The molecular formula is C19H23N3O3. The van der Waals surface area contributed by atoms with Gasteiger partial charge in [0, 0.05) is 32.7 Å². The molecule has 1 saturated heterocycles. The third kappa shape index (κ3) is 4.70. The summed E-state index contributed by atoms with van der Waals surface area (Å²) in [7, 11) is 0. The van der Waals surface area contributed by atoms with E-state index >= 15 is 0 Å². The molecule has 1 fully saturated rings. The molecule has 0 bridgehead atoms. The van der Waals surface area contributed by atoms with E-state index in [1.807, 2.05) is 0 Å². The van der Waals surface area contributed by atoms with Crippen molar-refractivity contribution in [3.05, 3.63) is 59.5 Å². The van der Waals surface area contributed by atoms with Crippen LogP contribution in [0.2, 0.25) is 0 Å². The van der Waals surface area contributed by atoms with Gasteiger partial charge in [-0.15, -0.1) is 0 Å². The van der Waals surface area contributed by atoms with Crippen molar-refractivity contribution in [1.29, 1.82) is 0 Å². The molecule has 2 heterocycles. The summed E-state index contributed by atoms with van der Waals surface area (Å²) in [5.74, 6) is -0.206. The molecule has 0 saturated carbocycles. The Labute approximate surface area is 147 Å².